The first kappa shape index (κ1) is 18.3. The third kappa shape index (κ3) is 4.09. The normalized spacial score (nSPS) is 19.9. The van der Waals surface area contributed by atoms with Crippen molar-refractivity contribution in [1.82, 2.24) is 15.1 Å². The van der Waals surface area contributed by atoms with Gasteiger partial charge in [-0.15, -0.1) is 10.2 Å². The van der Waals surface area contributed by atoms with E-state index in [1.54, 1.807) is 12.1 Å². The highest BCUT2D eigenvalue weighted by molar-refractivity contribution is 5.61. The van der Waals surface area contributed by atoms with Crippen LogP contribution in [-0.4, -0.2) is 60.5 Å². The van der Waals surface area contributed by atoms with Gasteiger partial charge in [-0.05, 0) is 43.5 Å². The number of benzene rings is 1. The summed E-state index contributed by atoms with van der Waals surface area (Å²) in [5.74, 6) is -0.494. The summed E-state index contributed by atoms with van der Waals surface area (Å²) in [6.07, 6.45) is 3.25. The number of hydrogen-bond acceptors (Lipinski definition) is 5. The van der Waals surface area contributed by atoms with Crippen LogP contribution in [0.2, 0.25) is 0 Å². The zero-order valence-corrected chi connectivity index (χ0v) is 15.3. The van der Waals surface area contributed by atoms with Gasteiger partial charge in [-0.2, -0.15) is 0 Å². The Hall–Kier alpha value is -2.12. The molecule has 144 valence electrons. The second-order valence-electron chi connectivity index (χ2n) is 7.09. The first-order valence-corrected chi connectivity index (χ1v) is 9.57. The van der Waals surface area contributed by atoms with E-state index in [9.17, 15) is 8.78 Å². The number of aromatic nitrogens is 2. The molecule has 0 radical (unpaired) electrons. The van der Waals surface area contributed by atoms with Gasteiger partial charge in [0.15, 0.2) is 5.82 Å². The van der Waals surface area contributed by atoms with Crippen LogP contribution >= 0.6 is 0 Å². The fourth-order valence-corrected chi connectivity index (χ4v) is 3.96. The van der Waals surface area contributed by atoms with Crippen LogP contribution in [0.4, 0.5) is 14.6 Å². The lowest BCUT2D eigenvalue weighted by atomic mass is 10.0. The van der Waals surface area contributed by atoms with Crippen molar-refractivity contribution in [2.45, 2.75) is 25.3 Å². The lowest BCUT2D eigenvalue weighted by molar-refractivity contribution is 0.125. The highest BCUT2D eigenvalue weighted by Gasteiger charge is 2.26. The SMILES string of the molecule is Fc1cccc(F)c1-c1ccc(N2CCC(N3CCCOCC3)CC2)nn1. The van der Waals surface area contributed by atoms with Crippen molar-refractivity contribution in [2.75, 3.05) is 44.3 Å². The van der Waals surface area contributed by atoms with Gasteiger partial charge < -0.3 is 9.64 Å². The molecule has 0 atom stereocenters. The summed E-state index contributed by atoms with van der Waals surface area (Å²) in [6.45, 7) is 5.61. The maximum Gasteiger partial charge on any atom is 0.151 e. The molecule has 0 aliphatic carbocycles. The van der Waals surface area contributed by atoms with Gasteiger partial charge in [-0.1, -0.05) is 6.07 Å². The van der Waals surface area contributed by atoms with E-state index in [0.717, 1.165) is 64.5 Å². The molecule has 4 rings (SSSR count). The van der Waals surface area contributed by atoms with Crippen LogP contribution in [-0.2, 0) is 4.74 Å². The molecule has 3 heterocycles. The quantitative estimate of drug-likeness (QED) is 0.826. The van der Waals surface area contributed by atoms with E-state index in [0.29, 0.717) is 6.04 Å². The number of hydrogen-bond donors (Lipinski definition) is 0. The first-order chi connectivity index (χ1) is 13.2. The van der Waals surface area contributed by atoms with Crippen molar-refractivity contribution < 1.29 is 13.5 Å². The molecule has 0 N–H and O–H groups in total. The molecule has 0 spiro atoms. The Balaban J connectivity index is 1.40. The van der Waals surface area contributed by atoms with Crippen molar-refractivity contribution >= 4 is 5.82 Å². The van der Waals surface area contributed by atoms with Crippen molar-refractivity contribution in [1.29, 1.82) is 0 Å². The number of halogens is 2. The third-order valence-corrected chi connectivity index (χ3v) is 5.43. The van der Waals surface area contributed by atoms with Crippen LogP contribution < -0.4 is 4.90 Å². The molecule has 0 amide bonds. The van der Waals surface area contributed by atoms with Crippen LogP contribution in [0, 0.1) is 11.6 Å². The van der Waals surface area contributed by atoms with Crippen LogP contribution in [0.5, 0.6) is 0 Å². The van der Waals surface area contributed by atoms with E-state index in [4.69, 9.17) is 4.74 Å². The maximum atomic E-state index is 13.9. The monoisotopic (exact) mass is 374 g/mol. The van der Waals surface area contributed by atoms with Crippen molar-refractivity contribution in [3.05, 3.63) is 42.0 Å². The molecule has 1 aromatic carbocycles. The van der Waals surface area contributed by atoms with Gasteiger partial charge in [0.25, 0.3) is 0 Å². The Morgan fingerprint density at radius 1 is 0.889 bits per heavy atom. The van der Waals surface area contributed by atoms with E-state index in [1.807, 2.05) is 0 Å². The number of ether oxygens (including phenoxy) is 1. The first-order valence-electron chi connectivity index (χ1n) is 9.57. The molecule has 1 aromatic heterocycles. The lowest BCUT2D eigenvalue weighted by Gasteiger charge is -2.38. The highest BCUT2D eigenvalue weighted by Crippen LogP contribution is 2.26. The molecule has 2 fully saturated rings. The average Bonchev–Trinajstić information content (AvgIpc) is 2.98. The molecule has 5 nitrogen and oxygen atoms in total. The molecule has 7 heteroatoms. The molecule has 0 saturated carbocycles. The average molecular weight is 374 g/mol. The van der Waals surface area contributed by atoms with Crippen LogP contribution in [0.15, 0.2) is 30.3 Å². The second kappa shape index (κ2) is 8.27. The maximum absolute atomic E-state index is 13.9. The van der Waals surface area contributed by atoms with Crippen molar-refractivity contribution in [3.8, 4) is 11.3 Å². The summed E-state index contributed by atoms with van der Waals surface area (Å²) in [5.41, 5.74) is 0.0902. The number of piperidine rings is 1. The molecule has 2 aliphatic heterocycles. The Morgan fingerprint density at radius 2 is 1.67 bits per heavy atom. The van der Waals surface area contributed by atoms with Crippen molar-refractivity contribution in [2.24, 2.45) is 0 Å². The van der Waals surface area contributed by atoms with Gasteiger partial charge in [0.2, 0.25) is 0 Å². The van der Waals surface area contributed by atoms with Gasteiger partial charge >= 0.3 is 0 Å². The summed E-state index contributed by atoms with van der Waals surface area (Å²) in [4.78, 5) is 4.74. The molecule has 27 heavy (non-hydrogen) atoms. The zero-order chi connectivity index (χ0) is 18.6. The molecule has 0 bridgehead atoms. The number of nitrogens with zero attached hydrogens (tertiary/aromatic N) is 4. The molecule has 2 aliphatic rings. The Morgan fingerprint density at radius 3 is 2.37 bits per heavy atom. The predicted octanol–water partition coefficient (Wildman–Crippen LogP) is 3.11. The van der Waals surface area contributed by atoms with Gasteiger partial charge in [0.1, 0.15) is 11.6 Å². The minimum atomic E-state index is -0.626. The van der Waals surface area contributed by atoms with Crippen LogP contribution in [0.1, 0.15) is 19.3 Å². The summed E-state index contributed by atoms with van der Waals surface area (Å²) < 4.78 is 33.4. The molecule has 2 saturated heterocycles. The van der Waals surface area contributed by atoms with E-state index >= 15 is 0 Å². The van der Waals surface area contributed by atoms with Gasteiger partial charge in [-0.25, -0.2) is 8.78 Å². The smallest absolute Gasteiger partial charge is 0.151 e. The van der Waals surface area contributed by atoms with E-state index < -0.39 is 11.6 Å². The minimum Gasteiger partial charge on any atom is -0.380 e. The van der Waals surface area contributed by atoms with Gasteiger partial charge in [-0.3, -0.25) is 4.90 Å². The number of anilines is 1. The van der Waals surface area contributed by atoms with E-state index in [1.165, 1.54) is 18.2 Å². The molecule has 0 unspecified atom stereocenters. The standard InChI is InChI=1S/C20H24F2N4O/c21-16-3-1-4-17(22)20(16)18-5-6-19(24-23-18)26-10-7-15(8-11-26)25-9-2-13-27-14-12-25/h1,3-6,15H,2,7-14H2. The Kier molecular flexibility index (Phi) is 5.59. The fourth-order valence-electron chi connectivity index (χ4n) is 3.96. The second-order valence-corrected chi connectivity index (χ2v) is 7.09. The fraction of sp³-hybridized carbons (Fsp3) is 0.500. The van der Waals surface area contributed by atoms with E-state index in [-0.39, 0.29) is 11.3 Å². The van der Waals surface area contributed by atoms with Gasteiger partial charge in [0.05, 0.1) is 17.9 Å². The largest absolute Gasteiger partial charge is 0.380 e. The Labute approximate surface area is 157 Å². The predicted molar refractivity (Wildman–Crippen MR) is 99.6 cm³/mol. The minimum absolute atomic E-state index is 0.126. The zero-order valence-electron chi connectivity index (χ0n) is 15.3. The number of rotatable bonds is 3. The molecule has 2 aromatic rings. The molecular weight excluding hydrogens is 350 g/mol. The molecular formula is C20H24F2N4O. The summed E-state index contributed by atoms with van der Waals surface area (Å²) in [7, 11) is 0. The highest BCUT2D eigenvalue weighted by atomic mass is 19.1. The van der Waals surface area contributed by atoms with Crippen LogP contribution in [0.25, 0.3) is 11.3 Å². The van der Waals surface area contributed by atoms with Crippen LogP contribution in [0.3, 0.4) is 0 Å². The van der Waals surface area contributed by atoms with Gasteiger partial charge in [0, 0.05) is 38.8 Å². The van der Waals surface area contributed by atoms with E-state index in [2.05, 4.69) is 20.0 Å². The summed E-state index contributed by atoms with van der Waals surface area (Å²) in [6, 6.07) is 7.83. The Bertz CT molecular complexity index is 735. The summed E-state index contributed by atoms with van der Waals surface area (Å²) >= 11 is 0. The lowest BCUT2D eigenvalue weighted by Crippen LogP contribution is -2.46. The topological polar surface area (TPSA) is 41.5 Å². The third-order valence-electron chi connectivity index (χ3n) is 5.43. The van der Waals surface area contributed by atoms with Crippen molar-refractivity contribution in [3.63, 3.8) is 0 Å². The summed E-state index contributed by atoms with van der Waals surface area (Å²) in [5, 5.41) is 8.29.